The number of amides is 3. The van der Waals surface area contributed by atoms with Crippen molar-refractivity contribution in [3.05, 3.63) is 0 Å². The van der Waals surface area contributed by atoms with Crippen LogP contribution in [0.4, 0.5) is 0 Å². The van der Waals surface area contributed by atoms with Gasteiger partial charge in [-0.05, 0) is 45.2 Å². The van der Waals surface area contributed by atoms with Gasteiger partial charge in [-0.2, -0.15) is 0 Å². The van der Waals surface area contributed by atoms with E-state index in [0.717, 1.165) is 6.42 Å². The molecule has 0 aromatic rings. The van der Waals surface area contributed by atoms with Crippen LogP contribution in [0.2, 0.25) is 0 Å². The minimum atomic E-state index is -1.48. The summed E-state index contributed by atoms with van der Waals surface area (Å²) >= 11 is 0. The van der Waals surface area contributed by atoms with Gasteiger partial charge in [-0.3, -0.25) is 14.4 Å². The number of aliphatic hydroxyl groups excluding tert-OH is 1. The topological polar surface area (TPSA) is 223 Å². The number of aliphatic carboxylic acids is 1. The summed E-state index contributed by atoms with van der Waals surface area (Å²) in [6.07, 6.45) is 3.22. The molecule has 0 saturated carbocycles. The van der Waals surface area contributed by atoms with Crippen molar-refractivity contribution in [2.24, 2.45) is 17.2 Å². The molecule has 0 aromatic heterocycles. The average molecular weight is 418 g/mol. The van der Waals surface area contributed by atoms with Crippen LogP contribution in [-0.2, 0) is 19.2 Å². The molecule has 0 aliphatic rings. The molecule has 0 heterocycles. The van der Waals surface area contributed by atoms with Gasteiger partial charge in [-0.1, -0.05) is 6.42 Å². The van der Waals surface area contributed by atoms with E-state index in [-0.39, 0.29) is 13.0 Å². The Morgan fingerprint density at radius 3 is 1.93 bits per heavy atom. The lowest BCUT2D eigenvalue weighted by atomic mass is 10.1. The van der Waals surface area contributed by atoms with Crippen molar-refractivity contribution < 1.29 is 29.4 Å². The number of unbranched alkanes of at least 4 members (excludes halogenated alkanes) is 2. The molecule has 12 nitrogen and oxygen atoms in total. The number of hydrogen-bond donors (Lipinski definition) is 8. The lowest BCUT2D eigenvalue weighted by Gasteiger charge is -2.21. The van der Waals surface area contributed by atoms with E-state index in [9.17, 15) is 19.2 Å². The maximum absolute atomic E-state index is 12.3. The van der Waals surface area contributed by atoms with Crippen molar-refractivity contribution in [3.63, 3.8) is 0 Å². The number of carboxylic acids is 1. The van der Waals surface area contributed by atoms with Crippen LogP contribution in [0, 0.1) is 0 Å². The lowest BCUT2D eigenvalue weighted by molar-refractivity contribution is -0.143. The van der Waals surface area contributed by atoms with Crippen molar-refractivity contribution >= 4 is 23.7 Å². The molecule has 0 spiro atoms. The number of carbonyl (C=O) groups is 4. The van der Waals surface area contributed by atoms with Gasteiger partial charge in [0, 0.05) is 0 Å². The molecule has 0 aromatic carbocycles. The summed E-state index contributed by atoms with van der Waals surface area (Å²) in [5.74, 6) is -3.27. The summed E-state index contributed by atoms with van der Waals surface area (Å²) in [5.41, 5.74) is 16.5. The molecule has 11 N–H and O–H groups in total. The average Bonchev–Trinajstić information content (AvgIpc) is 2.69. The predicted octanol–water partition coefficient (Wildman–Crippen LogP) is -3.27. The third-order valence-electron chi connectivity index (χ3n) is 4.12. The van der Waals surface area contributed by atoms with Crippen molar-refractivity contribution in [2.45, 2.75) is 56.7 Å². The second kappa shape index (κ2) is 15.6. The first-order valence-electron chi connectivity index (χ1n) is 9.63. The highest BCUT2D eigenvalue weighted by atomic mass is 16.4. The molecule has 168 valence electrons. The van der Waals surface area contributed by atoms with Gasteiger partial charge in [0.25, 0.3) is 0 Å². The standard InChI is InChI=1S/C17H34N6O6/c18-7-3-1-5-11(20)15(26)21-9-14(25)22-12(6-2-4-8-19)16(27)23-13(10-24)17(28)29/h11-13,24H,1-10,18-20H2,(H,21,26)(H,22,25)(H,23,27)(H,28,29). The Kier molecular flexibility index (Phi) is 14.4. The number of carboxylic acid groups (broad SMARTS) is 1. The molecular formula is C17H34N6O6. The van der Waals surface area contributed by atoms with Gasteiger partial charge >= 0.3 is 5.97 Å². The fraction of sp³-hybridized carbons (Fsp3) is 0.765. The fourth-order valence-electron chi connectivity index (χ4n) is 2.40. The summed E-state index contributed by atoms with van der Waals surface area (Å²) in [5, 5.41) is 25.0. The Morgan fingerprint density at radius 1 is 0.828 bits per heavy atom. The fourth-order valence-corrected chi connectivity index (χ4v) is 2.40. The second-order valence-electron chi connectivity index (χ2n) is 6.60. The third-order valence-corrected chi connectivity index (χ3v) is 4.12. The van der Waals surface area contributed by atoms with Crippen LogP contribution in [0.5, 0.6) is 0 Å². The Balaban J connectivity index is 4.67. The second-order valence-corrected chi connectivity index (χ2v) is 6.60. The van der Waals surface area contributed by atoms with Crippen LogP contribution in [-0.4, -0.2) is 78.3 Å². The van der Waals surface area contributed by atoms with E-state index in [4.69, 9.17) is 27.4 Å². The summed E-state index contributed by atoms with van der Waals surface area (Å²) < 4.78 is 0. The third kappa shape index (κ3) is 12.0. The molecule has 29 heavy (non-hydrogen) atoms. The molecule has 0 aliphatic carbocycles. The highest BCUT2D eigenvalue weighted by Crippen LogP contribution is 2.02. The largest absolute Gasteiger partial charge is 0.480 e. The zero-order valence-electron chi connectivity index (χ0n) is 16.6. The van der Waals surface area contributed by atoms with Crippen LogP contribution in [0.1, 0.15) is 38.5 Å². The lowest BCUT2D eigenvalue weighted by Crippen LogP contribution is -2.54. The highest BCUT2D eigenvalue weighted by Gasteiger charge is 2.26. The molecule has 0 bridgehead atoms. The van der Waals surface area contributed by atoms with E-state index < -0.39 is 48.4 Å². The van der Waals surface area contributed by atoms with Gasteiger partial charge in [0.1, 0.15) is 12.1 Å². The predicted molar refractivity (Wildman–Crippen MR) is 105 cm³/mol. The molecule has 3 amide bonds. The molecule has 0 radical (unpaired) electrons. The Bertz CT molecular complexity index is 533. The van der Waals surface area contributed by atoms with Gasteiger partial charge in [-0.15, -0.1) is 0 Å². The summed E-state index contributed by atoms with van der Waals surface area (Å²) in [6, 6.07) is -3.28. The van der Waals surface area contributed by atoms with E-state index in [1.165, 1.54) is 0 Å². The summed E-state index contributed by atoms with van der Waals surface area (Å²) in [6.45, 7) is -0.271. The smallest absolute Gasteiger partial charge is 0.328 e. The number of aliphatic hydroxyl groups is 1. The number of carbonyl (C=O) groups excluding carboxylic acids is 3. The minimum absolute atomic E-state index is 0.221. The summed E-state index contributed by atoms with van der Waals surface area (Å²) in [4.78, 5) is 47.3. The maximum atomic E-state index is 12.3. The molecule has 3 unspecified atom stereocenters. The van der Waals surface area contributed by atoms with E-state index in [1.54, 1.807) is 0 Å². The van der Waals surface area contributed by atoms with E-state index in [0.29, 0.717) is 38.8 Å². The molecule has 0 saturated heterocycles. The van der Waals surface area contributed by atoms with Crippen LogP contribution in [0.25, 0.3) is 0 Å². The number of hydrogen-bond acceptors (Lipinski definition) is 8. The Hall–Kier alpha value is -2.28. The first-order valence-corrected chi connectivity index (χ1v) is 9.63. The molecule has 0 rings (SSSR count). The number of rotatable bonds is 16. The molecule has 3 atom stereocenters. The first-order chi connectivity index (χ1) is 13.8. The van der Waals surface area contributed by atoms with E-state index >= 15 is 0 Å². The zero-order valence-corrected chi connectivity index (χ0v) is 16.6. The van der Waals surface area contributed by atoms with Crippen molar-refractivity contribution in [3.8, 4) is 0 Å². The van der Waals surface area contributed by atoms with E-state index in [1.807, 2.05) is 0 Å². The van der Waals surface area contributed by atoms with Gasteiger partial charge in [-0.25, -0.2) is 4.79 Å². The normalized spacial score (nSPS) is 13.8. The van der Waals surface area contributed by atoms with Crippen molar-refractivity contribution in [1.82, 2.24) is 16.0 Å². The van der Waals surface area contributed by atoms with Gasteiger partial charge in [0.05, 0.1) is 19.2 Å². The van der Waals surface area contributed by atoms with E-state index in [2.05, 4.69) is 16.0 Å². The molecule has 0 fully saturated rings. The van der Waals surface area contributed by atoms with Gasteiger partial charge in [0.2, 0.25) is 17.7 Å². The number of nitrogens with two attached hydrogens (primary N) is 3. The highest BCUT2D eigenvalue weighted by molar-refractivity contribution is 5.92. The van der Waals surface area contributed by atoms with Crippen LogP contribution < -0.4 is 33.2 Å². The van der Waals surface area contributed by atoms with Gasteiger partial charge < -0.3 is 43.4 Å². The van der Waals surface area contributed by atoms with Crippen LogP contribution >= 0.6 is 0 Å². The minimum Gasteiger partial charge on any atom is -0.480 e. The SMILES string of the molecule is NCCCCC(N)C(=O)NCC(=O)NC(CCCCN)C(=O)NC(CO)C(=O)O. The van der Waals surface area contributed by atoms with Crippen LogP contribution in [0.15, 0.2) is 0 Å². The molecular weight excluding hydrogens is 384 g/mol. The van der Waals surface area contributed by atoms with Crippen molar-refractivity contribution in [2.75, 3.05) is 26.2 Å². The Labute approximate surface area is 169 Å². The first kappa shape index (κ1) is 26.7. The Morgan fingerprint density at radius 2 is 1.41 bits per heavy atom. The van der Waals surface area contributed by atoms with Crippen molar-refractivity contribution in [1.29, 1.82) is 0 Å². The van der Waals surface area contributed by atoms with Crippen LogP contribution in [0.3, 0.4) is 0 Å². The van der Waals surface area contributed by atoms with Gasteiger partial charge in [0.15, 0.2) is 0 Å². The summed E-state index contributed by atoms with van der Waals surface area (Å²) in [7, 11) is 0. The zero-order chi connectivity index (χ0) is 22.2. The molecule has 12 heteroatoms. The number of nitrogens with one attached hydrogen (secondary N) is 3. The quantitative estimate of drug-likeness (QED) is 0.118. The monoisotopic (exact) mass is 418 g/mol. The molecule has 0 aliphatic heterocycles. The maximum Gasteiger partial charge on any atom is 0.328 e.